The summed E-state index contributed by atoms with van der Waals surface area (Å²) in [5, 5.41) is 16.1. The molecule has 124 valence electrons. The van der Waals surface area contributed by atoms with Crippen molar-refractivity contribution in [2.24, 2.45) is 17.1 Å². The first kappa shape index (κ1) is 17.0. The third kappa shape index (κ3) is 3.53. The lowest BCUT2D eigenvalue weighted by Gasteiger charge is -1.99. The van der Waals surface area contributed by atoms with E-state index in [-0.39, 0.29) is 0 Å². The second-order valence-electron chi connectivity index (χ2n) is 6.41. The highest BCUT2D eigenvalue weighted by atomic mass is 16.4. The van der Waals surface area contributed by atoms with Crippen molar-refractivity contribution in [2.45, 2.75) is 26.2 Å². The smallest absolute Gasteiger partial charge is 0.414 e. The Morgan fingerprint density at radius 3 is 2.35 bits per heavy atom. The van der Waals surface area contributed by atoms with E-state index < -0.39 is 11.9 Å². The maximum absolute atomic E-state index is 9.10. The second kappa shape index (κ2) is 6.42. The van der Waals surface area contributed by atoms with Gasteiger partial charge in [0.2, 0.25) is 0 Å². The minimum Gasteiger partial charge on any atom is -0.473 e. The quantitative estimate of drug-likeness (QED) is 0.648. The minimum atomic E-state index is -1.82. The van der Waals surface area contributed by atoms with Crippen molar-refractivity contribution < 1.29 is 19.8 Å². The van der Waals surface area contributed by atoms with Crippen LogP contribution in [0, 0.1) is 11.3 Å². The van der Waals surface area contributed by atoms with Gasteiger partial charge in [-0.1, -0.05) is 32.0 Å². The van der Waals surface area contributed by atoms with Gasteiger partial charge < -0.3 is 20.9 Å². The van der Waals surface area contributed by atoms with Crippen molar-refractivity contribution in [3.8, 4) is 0 Å². The third-order valence-corrected chi connectivity index (χ3v) is 4.60. The van der Waals surface area contributed by atoms with Gasteiger partial charge in [0, 0.05) is 17.1 Å². The maximum Gasteiger partial charge on any atom is 0.414 e. The van der Waals surface area contributed by atoms with E-state index in [4.69, 9.17) is 25.5 Å². The van der Waals surface area contributed by atoms with E-state index in [1.54, 1.807) is 0 Å². The number of nitrogens with one attached hydrogen (secondary N) is 1. The third-order valence-electron chi connectivity index (χ3n) is 4.60. The molecule has 1 fully saturated rings. The molecule has 1 aromatic heterocycles. The zero-order valence-corrected chi connectivity index (χ0v) is 13.2. The molecule has 0 spiro atoms. The van der Waals surface area contributed by atoms with Crippen LogP contribution in [0.1, 0.15) is 31.9 Å². The fourth-order valence-electron chi connectivity index (χ4n) is 3.34. The largest absolute Gasteiger partial charge is 0.473 e. The van der Waals surface area contributed by atoms with Gasteiger partial charge in [-0.05, 0) is 41.8 Å². The Balaban J connectivity index is 0.000000277. The maximum atomic E-state index is 9.10. The highest BCUT2D eigenvalue weighted by Crippen LogP contribution is 2.65. The normalized spacial score (nSPS) is 21.3. The van der Waals surface area contributed by atoms with Gasteiger partial charge in [0.15, 0.2) is 0 Å². The summed E-state index contributed by atoms with van der Waals surface area (Å²) in [6.45, 7) is 5.50. The molecule has 3 rings (SSSR count). The van der Waals surface area contributed by atoms with E-state index in [2.05, 4.69) is 49.2 Å². The fraction of sp³-hybridized carbons (Fsp3) is 0.412. The van der Waals surface area contributed by atoms with Crippen molar-refractivity contribution in [1.29, 1.82) is 0 Å². The molecular weight excluding hydrogens is 296 g/mol. The molecule has 2 atom stereocenters. The second-order valence-corrected chi connectivity index (χ2v) is 6.41. The predicted molar refractivity (Wildman–Crippen MR) is 87.3 cm³/mol. The first-order chi connectivity index (χ1) is 10.8. The summed E-state index contributed by atoms with van der Waals surface area (Å²) in [5.74, 6) is -2.26. The Hall–Kier alpha value is -2.34. The lowest BCUT2D eigenvalue weighted by Crippen LogP contribution is -2.09. The number of benzene rings is 1. The summed E-state index contributed by atoms with van der Waals surface area (Å²) in [5.41, 5.74) is 8.73. The Kier molecular flexibility index (Phi) is 4.75. The molecule has 0 saturated heterocycles. The van der Waals surface area contributed by atoms with Crippen molar-refractivity contribution in [2.75, 3.05) is 6.54 Å². The van der Waals surface area contributed by atoms with Crippen molar-refractivity contribution in [3.05, 3.63) is 36.0 Å². The van der Waals surface area contributed by atoms with Gasteiger partial charge in [-0.25, -0.2) is 9.59 Å². The molecule has 2 unspecified atom stereocenters. The van der Waals surface area contributed by atoms with Gasteiger partial charge in [-0.2, -0.15) is 0 Å². The molecule has 5 N–H and O–H groups in total. The molecule has 1 aliphatic rings. The number of nitrogens with two attached hydrogens (primary N) is 1. The van der Waals surface area contributed by atoms with E-state index >= 15 is 0 Å². The minimum absolute atomic E-state index is 0.403. The van der Waals surface area contributed by atoms with Crippen molar-refractivity contribution in [3.63, 3.8) is 0 Å². The number of hydrogen-bond donors (Lipinski definition) is 4. The first-order valence-corrected chi connectivity index (χ1v) is 7.53. The molecule has 1 heterocycles. The van der Waals surface area contributed by atoms with E-state index in [1.807, 2.05) is 0 Å². The number of aromatic amines is 1. The van der Waals surface area contributed by atoms with Crippen LogP contribution in [-0.4, -0.2) is 33.7 Å². The molecule has 0 radical (unpaired) electrons. The molecular formula is C17H22N2O4. The van der Waals surface area contributed by atoms with Gasteiger partial charge >= 0.3 is 11.9 Å². The summed E-state index contributed by atoms with van der Waals surface area (Å²) in [4.78, 5) is 21.8. The monoisotopic (exact) mass is 318 g/mol. The van der Waals surface area contributed by atoms with Crippen LogP contribution >= 0.6 is 0 Å². The van der Waals surface area contributed by atoms with Gasteiger partial charge in [-0.3, -0.25) is 0 Å². The standard InChI is InChI=1S/C15H20N2.C2H2O4/c1-15(2)11(7-8-16)14(15)13-9-10-5-3-4-6-12(10)17-13;3-1(4)2(5)6/h3-6,9,11,14,17H,7-8,16H2,1-2H3;(H,3,4)(H,5,6). The average Bonchev–Trinajstić information content (AvgIpc) is 2.84. The predicted octanol–water partition coefficient (Wildman–Crippen LogP) is 2.41. The van der Waals surface area contributed by atoms with Crippen LogP contribution in [0.2, 0.25) is 0 Å². The number of H-pyrrole nitrogens is 1. The molecule has 0 aliphatic heterocycles. The van der Waals surface area contributed by atoms with Crippen molar-refractivity contribution in [1.82, 2.24) is 4.98 Å². The average molecular weight is 318 g/mol. The highest BCUT2D eigenvalue weighted by Gasteiger charge is 2.57. The number of carboxylic acid groups (broad SMARTS) is 2. The van der Waals surface area contributed by atoms with Gasteiger partial charge in [0.1, 0.15) is 0 Å². The molecule has 0 amide bonds. The fourth-order valence-corrected chi connectivity index (χ4v) is 3.34. The zero-order valence-electron chi connectivity index (χ0n) is 13.2. The molecule has 1 aromatic carbocycles. The van der Waals surface area contributed by atoms with E-state index in [0.29, 0.717) is 11.3 Å². The van der Waals surface area contributed by atoms with E-state index in [9.17, 15) is 0 Å². The van der Waals surface area contributed by atoms with Gasteiger partial charge in [0.05, 0.1) is 0 Å². The van der Waals surface area contributed by atoms with Crippen LogP contribution in [0.5, 0.6) is 0 Å². The number of aliphatic carboxylic acids is 2. The summed E-state index contributed by atoms with van der Waals surface area (Å²) in [6, 6.07) is 10.8. The number of rotatable bonds is 3. The number of fused-ring (bicyclic) bond motifs is 1. The Labute approximate surface area is 134 Å². The van der Waals surface area contributed by atoms with E-state index in [0.717, 1.165) is 18.9 Å². The van der Waals surface area contributed by atoms with Gasteiger partial charge in [-0.15, -0.1) is 0 Å². The molecule has 1 aliphatic carbocycles. The molecule has 2 aromatic rings. The van der Waals surface area contributed by atoms with Crippen LogP contribution in [0.4, 0.5) is 0 Å². The number of aromatic nitrogens is 1. The summed E-state index contributed by atoms with van der Waals surface area (Å²) >= 11 is 0. The lowest BCUT2D eigenvalue weighted by molar-refractivity contribution is -0.159. The van der Waals surface area contributed by atoms with Crippen LogP contribution in [0.25, 0.3) is 10.9 Å². The number of carboxylic acids is 2. The Bertz CT molecular complexity index is 675. The SMILES string of the molecule is CC1(C)C(CCN)C1c1cc2ccccc2[nH]1.O=C(O)C(=O)O. The zero-order chi connectivity index (χ0) is 17.2. The topological polar surface area (TPSA) is 116 Å². The van der Waals surface area contributed by atoms with Crippen LogP contribution < -0.4 is 5.73 Å². The molecule has 6 nitrogen and oxygen atoms in total. The van der Waals surface area contributed by atoms with Crippen LogP contribution in [0.3, 0.4) is 0 Å². The van der Waals surface area contributed by atoms with Crippen LogP contribution in [0.15, 0.2) is 30.3 Å². The van der Waals surface area contributed by atoms with E-state index in [1.165, 1.54) is 16.6 Å². The Morgan fingerprint density at radius 2 is 1.83 bits per heavy atom. The summed E-state index contributed by atoms with van der Waals surface area (Å²) in [7, 11) is 0. The lowest BCUT2D eigenvalue weighted by atomic mass is 10.1. The number of carbonyl (C=O) groups is 2. The summed E-state index contributed by atoms with van der Waals surface area (Å²) in [6.07, 6.45) is 1.13. The van der Waals surface area contributed by atoms with Crippen molar-refractivity contribution >= 4 is 22.8 Å². The number of hydrogen-bond acceptors (Lipinski definition) is 3. The molecule has 1 saturated carbocycles. The van der Waals surface area contributed by atoms with Crippen LogP contribution in [-0.2, 0) is 9.59 Å². The first-order valence-electron chi connectivity index (χ1n) is 7.53. The van der Waals surface area contributed by atoms with Gasteiger partial charge in [0.25, 0.3) is 0 Å². The summed E-state index contributed by atoms with van der Waals surface area (Å²) < 4.78 is 0. The molecule has 6 heteroatoms. The molecule has 0 bridgehead atoms. The molecule has 23 heavy (non-hydrogen) atoms. The highest BCUT2D eigenvalue weighted by molar-refractivity contribution is 6.27. The Morgan fingerprint density at radius 1 is 1.22 bits per heavy atom. The number of para-hydroxylation sites is 1.